The lowest BCUT2D eigenvalue weighted by molar-refractivity contribution is 0.708. The molecular weight excluding hydrogens is 222 g/mol. The number of aromatic nitrogens is 2. The topological polar surface area (TPSA) is 43.8 Å². The first-order valence-electron chi connectivity index (χ1n) is 6.64. The van der Waals surface area contributed by atoms with Crippen LogP contribution in [0.2, 0.25) is 0 Å². The van der Waals surface area contributed by atoms with Crippen LogP contribution in [0, 0.1) is 0 Å². The molecule has 0 unspecified atom stereocenters. The first-order valence-corrected chi connectivity index (χ1v) is 6.64. The van der Waals surface area contributed by atoms with Crippen LogP contribution in [0.1, 0.15) is 25.3 Å². The summed E-state index contributed by atoms with van der Waals surface area (Å²) < 4.78 is 2.03. The fourth-order valence-corrected chi connectivity index (χ4v) is 2.00. The van der Waals surface area contributed by atoms with E-state index < -0.39 is 0 Å². The molecule has 0 fully saturated rings. The van der Waals surface area contributed by atoms with Crippen LogP contribution in [0.25, 0.3) is 11.3 Å². The molecule has 0 aliphatic carbocycles. The zero-order valence-electron chi connectivity index (χ0n) is 11.0. The number of hydrogen-bond donors (Lipinski definition) is 1. The molecule has 0 saturated heterocycles. The number of hydrogen-bond acceptors (Lipinski definition) is 2. The van der Waals surface area contributed by atoms with E-state index >= 15 is 0 Å². The Kier molecular flexibility index (Phi) is 4.53. The number of nitrogens with two attached hydrogens (primary N) is 1. The Morgan fingerprint density at radius 1 is 1.22 bits per heavy atom. The van der Waals surface area contributed by atoms with Crippen molar-refractivity contribution in [2.75, 3.05) is 6.54 Å². The van der Waals surface area contributed by atoms with Gasteiger partial charge >= 0.3 is 0 Å². The highest BCUT2D eigenvalue weighted by atomic mass is 15.0. The summed E-state index contributed by atoms with van der Waals surface area (Å²) >= 11 is 0. The van der Waals surface area contributed by atoms with Crippen LogP contribution in [0.4, 0.5) is 0 Å². The van der Waals surface area contributed by atoms with Gasteiger partial charge in [-0.3, -0.25) is 0 Å². The molecule has 0 spiro atoms. The molecule has 18 heavy (non-hydrogen) atoms. The quantitative estimate of drug-likeness (QED) is 0.847. The van der Waals surface area contributed by atoms with Gasteiger partial charge in [-0.25, -0.2) is 4.98 Å². The number of benzene rings is 1. The lowest BCUT2D eigenvalue weighted by Crippen LogP contribution is -2.07. The standard InChI is InChI=1S/C15H21N3/c1-2-3-4-13-5-7-14(8-6-13)15-11-18(10-9-16)12-17-15/h5-8,11-12H,2-4,9-10,16H2,1H3. The lowest BCUT2D eigenvalue weighted by atomic mass is 10.1. The van der Waals surface area contributed by atoms with Gasteiger partial charge in [-0.05, 0) is 18.4 Å². The number of aryl methyl sites for hydroxylation is 1. The van der Waals surface area contributed by atoms with Crippen molar-refractivity contribution in [3.63, 3.8) is 0 Å². The Morgan fingerprint density at radius 3 is 2.67 bits per heavy atom. The molecule has 0 saturated carbocycles. The molecule has 1 aromatic carbocycles. The minimum Gasteiger partial charge on any atom is -0.336 e. The van der Waals surface area contributed by atoms with Crippen LogP contribution in [0.3, 0.4) is 0 Å². The third kappa shape index (κ3) is 3.20. The van der Waals surface area contributed by atoms with E-state index in [2.05, 4.69) is 36.2 Å². The van der Waals surface area contributed by atoms with Gasteiger partial charge in [-0.15, -0.1) is 0 Å². The van der Waals surface area contributed by atoms with Gasteiger partial charge in [-0.1, -0.05) is 37.6 Å². The molecule has 1 aromatic heterocycles. The van der Waals surface area contributed by atoms with Crippen molar-refractivity contribution in [3.8, 4) is 11.3 Å². The summed E-state index contributed by atoms with van der Waals surface area (Å²) in [6, 6.07) is 8.71. The van der Waals surface area contributed by atoms with Crippen LogP contribution >= 0.6 is 0 Å². The van der Waals surface area contributed by atoms with Crippen molar-refractivity contribution in [3.05, 3.63) is 42.4 Å². The molecule has 0 aliphatic heterocycles. The molecule has 3 heteroatoms. The molecule has 2 N–H and O–H groups in total. The van der Waals surface area contributed by atoms with Crippen LogP contribution in [0.15, 0.2) is 36.8 Å². The summed E-state index contributed by atoms with van der Waals surface area (Å²) in [4.78, 5) is 4.40. The fourth-order valence-electron chi connectivity index (χ4n) is 2.00. The second-order valence-electron chi connectivity index (χ2n) is 4.59. The third-order valence-corrected chi connectivity index (χ3v) is 3.09. The van der Waals surface area contributed by atoms with Gasteiger partial charge in [0.15, 0.2) is 0 Å². The van der Waals surface area contributed by atoms with Crippen LogP contribution in [-0.4, -0.2) is 16.1 Å². The van der Waals surface area contributed by atoms with Gasteiger partial charge in [0.2, 0.25) is 0 Å². The van der Waals surface area contributed by atoms with Gasteiger partial charge < -0.3 is 10.3 Å². The predicted octanol–water partition coefficient (Wildman–Crippen LogP) is 2.85. The van der Waals surface area contributed by atoms with E-state index in [1.807, 2.05) is 17.1 Å². The zero-order valence-corrected chi connectivity index (χ0v) is 11.0. The summed E-state index contributed by atoms with van der Waals surface area (Å²) in [7, 11) is 0. The molecule has 0 aliphatic rings. The Balaban J connectivity index is 2.07. The van der Waals surface area contributed by atoms with Crippen LogP contribution < -0.4 is 5.73 Å². The number of unbranched alkanes of at least 4 members (excludes halogenated alkanes) is 1. The first-order chi connectivity index (χ1) is 8.83. The smallest absolute Gasteiger partial charge is 0.0954 e. The maximum Gasteiger partial charge on any atom is 0.0954 e. The van der Waals surface area contributed by atoms with Crippen LogP contribution in [0.5, 0.6) is 0 Å². The van der Waals surface area contributed by atoms with E-state index in [1.54, 1.807) is 0 Å². The summed E-state index contributed by atoms with van der Waals surface area (Å²) in [6.07, 6.45) is 7.55. The van der Waals surface area contributed by atoms with Crippen molar-refractivity contribution in [1.82, 2.24) is 9.55 Å². The predicted molar refractivity (Wildman–Crippen MR) is 75.3 cm³/mol. The van der Waals surface area contributed by atoms with E-state index in [0.717, 1.165) is 12.2 Å². The van der Waals surface area contributed by atoms with Gasteiger partial charge in [0.25, 0.3) is 0 Å². The number of imidazole rings is 1. The van der Waals surface area contributed by atoms with E-state index in [4.69, 9.17) is 5.73 Å². The van der Waals surface area contributed by atoms with Crippen molar-refractivity contribution < 1.29 is 0 Å². The molecule has 0 atom stereocenters. The summed E-state index contributed by atoms with van der Waals surface area (Å²) in [6.45, 7) is 3.69. The molecule has 0 amide bonds. The molecule has 0 bridgehead atoms. The molecule has 0 radical (unpaired) electrons. The largest absolute Gasteiger partial charge is 0.336 e. The van der Waals surface area contributed by atoms with Crippen molar-refractivity contribution in [2.24, 2.45) is 5.73 Å². The second kappa shape index (κ2) is 6.36. The zero-order chi connectivity index (χ0) is 12.8. The molecule has 2 rings (SSSR count). The minimum atomic E-state index is 0.645. The highest BCUT2D eigenvalue weighted by Gasteiger charge is 2.02. The molecule has 1 heterocycles. The van der Waals surface area contributed by atoms with Crippen molar-refractivity contribution in [2.45, 2.75) is 32.7 Å². The average molecular weight is 243 g/mol. The third-order valence-electron chi connectivity index (χ3n) is 3.09. The summed E-state index contributed by atoms with van der Waals surface area (Å²) in [5.41, 5.74) is 9.12. The normalized spacial score (nSPS) is 10.8. The fraction of sp³-hybridized carbons (Fsp3) is 0.400. The molecule has 3 nitrogen and oxygen atoms in total. The molecular formula is C15H21N3. The monoisotopic (exact) mass is 243 g/mol. The van der Waals surface area contributed by atoms with Crippen molar-refractivity contribution in [1.29, 1.82) is 0 Å². The highest BCUT2D eigenvalue weighted by Crippen LogP contribution is 2.18. The minimum absolute atomic E-state index is 0.645. The van der Waals surface area contributed by atoms with Gasteiger partial charge in [-0.2, -0.15) is 0 Å². The Hall–Kier alpha value is -1.61. The van der Waals surface area contributed by atoms with E-state index in [9.17, 15) is 0 Å². The Labute approximate surface area is 109 Å². The van der Waals surface area contributed by atoms with E-state index in [0.29, 0.717) is 6.54 Å². The Bertz CT molecular complexity index is 471. The maximum atomic E-state index is 5.53. The van der Waals surface area contributed by atoms with Gasteiger partial charge in [0.1, 0.15) is 0 Å². The highest BCUT2D eigenvalue weighted by molar-refractivity contribution is 5.58. The second-order valence-corrected chi connectivity index (χ2v) is 4.59. The van der Waals surface area contributed by atoms with Gasteiger partial charge in [0, 0.05) is 24.8 Å². The van der Waals surface area contributed by atoms with E-state index in [1.165, 1.54) is 30.4 Å². The van der Waals surface area contributed by atoms with E-state index in [-0.39, 0.29) is 0 Å². The molecule has 2 aromatic rings. The summed E-state index contributed by atoms with van der Waals surface area (Å²) in [5, 5.41) is 0. The van der Waals surface area contributed by atoms with Crippen molar-refractivity contribution >= 4 is 0 Å². The average Bonchev–Trinajstić information content (AvgIpc) is 2.86. The first kappa shape index (κ1) is 12.8. The van der Waals surface area contributed by atoms with Gasteiger partial charge in [0.05, 0.1) is 12.0 Å². The maximum absolute atomic E-state index is 5.53. The lowest BCUT2D eigenvalue weighted by Gasteiger charge is -2.01. The SMILES string of the molecule is CCCCc1ccc(-c2cn(CCN)cn2)cc1. The molecule has 96 valence electrons. The van der Waals surface area contributed by atoms with Crippen LogP contribution in [-0.2, 0) is 13.0 Å². The number of nitrogens with zero attached hydrogens (tertiary/aromatic N) is 2. The Morgan fingerprint density at radius 2 is 2.00 bits per heavy atom. The number of rotatable bonds is 6. The summed E-state index contributed by atoms with van der Waals surface area (Å²) in [5.74, 6) is 0.